The summed E-state index contributed by atoms with van der Waals surface area (Å²) in [6, 6.07) is 6.42. The summed E-state index contributed by atoms with van der Waals surface area (Å²) in [7, 11) is 0. The minimum Gasteiger partial charge on any atom is -0.480 e. The standard InChI is InChI=1S/C35H46N4O6/c1-33-13-10-23(17-22(33)8-9-25-26(33)11-14-34(2)27(25)12-15-35(34,3)44)39-45-20-31(41)37-19-30(40)38-29(32(42)43)16-21-18-36-28-7-5-4-6-24(21)28/h4-7,17-18,25-27,29,36,44H,8-16,19-20H2,1-3H3,(H,37,41)(H,38,40)(H,42,43). The van der Waals surface area contributed by atoms with Gasteiger partial charge >= 0.3 is 5.97 Å². The number of nitrogens with one attached hydrogen (secondary N) is 3. The van der Waals surface area contributed by atoms with Crippen LogP contribution in [0.25, 0.3) is 10.9 Å². The Morgan fingerprint density at radius 3 is 2.62 bits per heavy atom. The summed E-state index contributed by atoms with van der Waals surface area (Å²) in [6.45, 7) is 6.08. The van der Waals surface area contributed by atoms with Crippen LogP contribution in [0.5, 0.6) is 0 Å². The number of carbonyl (C=O) groups excluding carboxylic acids is 2. The van der Waals surface area contributed by atoms with Gasteiger partial charge in [-0.15, -0.1) is 0 Å². The number of para-hydroxylation sites is 1. The van der Waals surface area contributed by atoms with Crippen LogP contribution in [-0.2, 0) is 25.6 Å². The number of hydrogen-bond acceptors (Lipinski definition) is 6. The van der Waals surface area contributed by atoms with Gasteiger partial charge in [-0.1, -0.05) is 42.8 Å². The van der Waals surface area contributed by atoms with Crippen molar-refractivity contribution < 1.29 is 29.4 Å². The number of hydrogen-bond donors (Lipinski definition) is 5. The molecule has 0 saturated heterocycles. The lowest BCUT2D eigenvalue weighted by Gasteiger charge is -2.59. The first-order valence-electron chi connectivity index (χ1n) is 16.4. The van der Waals surface area contributed by atoms with E-state index >= 15 is 0 Å². The van der Waals surface area contributed by atoms with Crippen molar-refractivity contribution in [3.8, 4) is 0 Å². The molecule has 4 aliphatic carbocycles. The van der Waals surface area contributed by atoms with Crippen molar-refractivity contribution in [2.24, 2.45) is 33.7 Å². The molecular formula is C35H46N4O6. The highest BCUT2D eigenvalue weighted by Crippen LogP contribution is 2.67. The molecule has 1 heterocycles. The Morgan fingerprint density at radius 1 is 1.04 bits per heavy atom. The molecule has 0 aliphatic heterocycles. The van der Waals surface area contributed by atoms with Gasteiger partial charge in [0.2, 0.25) is 5.91 Å². The van der Waals surface area contributed by atoms with Crippen molar-refractivity contribution in [1.29, 1.82) is 0 Å². The van der Waals surface area contributed by atoms with Gasteiger partial charge in [-0.2, -0.15) is 0 Å². The largest absolute Gasteiger partial charge is 0.480 e. The molecule has 45 heavy (non-hydrogen) atoms. The fourth-order valence-electron chi connectivity index (χ4n) is 9.26. The maximum atomic E-state index is 12.5. The Morgan fingerprint density at radius 2 is 1.82 bits per heavy atom. The first kappa shape index (κ1) is 31.3. The Kier molecular flexibility index (Phi) is 8.31. The van der Waals surface area contributed by atoms with Crippen molar-refractivity contribution in [3.63, 3.8) is 0 Å². The highest BCUT2D eigenvalue weighted by molar-refractivity contribution is 5.96. The first-order chi connectivity index (χ1) is 21.4. The highest BCUT2D eigenvalue weighted by Gasteiger charge is 2.62. The van der Waals surface area contributed by atoms with Gasteiger partial charge in [-0.3, -0.25) is 9.59 Å². The number of aliphatic carboxylic acids is 1. The number of amides is 2. The molecule has 2 amide bonds. The minimum absolute atomic E-state index is 0.0119. The zero-order valence-electron chi connectivity index (χ0n) is 26.5. The SMILES string of the molecule is CC12CCC(=NOCC(=O)NCC(=O)NC(Cc3c[nH]c4ccccc34)C(=O)O)C=C1CCC1C2CCC2(C)C1CCC2(C)O. The molecule has 0 spiro atoms. The fourth-order valence-corrected chi connectivity index (χ4v) is 9.26. The van der Waals surface area contributed by atoms with Crippen molar-refractivity contribution in [2.75, 3.05) is 13.2 Å². The van der Waals surface area contributed by atoms with Gasteiger partial charge < -0.3 is 30.7 Å². The summed E-state index contributed by atoms with van der Waals surface area (Å²) < 4.78 is 0. The van der Waals surface area contributed by atoms with Crippen LogP contribution < -0.4 is 10.6 Å². The maximum absolute atomic E-state index is 12.5. The molecule has 2 aromatic rings. The molecule has 7 unspecified atom stereocenters. The van der Waals surface area contributed by atoms with Crippen LogP contribution in [0.4, 0.5) is 0 Å². The average Bonchev–Trinajstić information content (AvgIpc) is 3.52. The normalized spacial score (nSPS) is 33.8. The van der Waals surface area contributed by atoms with E-state index in [2.05, 4.69) is 40.7 Å². The van der Waals surface area contributed by atoms with Gasteiger partial charge in [-0.05, 0) is 105 Å². The second kappa shape index (κ2) is 11.9. The van der Waals surface area contributed by atoms with Crippen LogP contribution in [0.1, 0.15) is 77.7 Å². The number of carboxylic acids is 1. The summed E-state index contributed by atoms with van der Waals surface area (Å²) in [5.41, 5.74) is 3.50. The van der Waals surface area contributed by atoms with Gasteiger partial charge in [0.05, 0.1) is 17.9 Å². The lowest BCUT2D eigenvalue weighted by molar-refractivity contribution is -0.141. The Hall–Kier alpha value is -3.66. The Labute approximate surface area is 264 Å². The molecule has 0 radical (unpaired) electrons. The van der Waals surface area contributed by atoms with Gasteiger partial charge in [-0.25, -0.2) is 4.79 Å². The molecule has 3 fully saturated rings. The molecule has 6 rings (SSSR count). The number of aliphatic hydroxyl groups is 1. The zero-order valence-corrected chi connectivity index (χ0v) is 26.5. The molecular weight excluding hydrogens is 572 g/mol. The van der Waals surface area contributed by atoms with E-state index in [1.54, 1.807) is 6.20 Å². The number of aromatic amines is 1. The lowest BCUT2D eigenvalue weighted by atomic mass is 9.46. The number of fused-ring (bicyclic) bond motifs is 6. The molecule has 242 valence electrons. The van der Waals surface area contributed by atoms with E-state index in [9.17, 15) is 24.6 Å². The number of rotatable bonds is 9. The number of nitrogens with zero attached hydrogens (tertiary/aromatic N) is 1. The molecule has 10 nitrogen and oxygen atoms in total. The summed E-state index contributed by atoms with van der Waals surface area (Å²) in [5.74, 6) is -0.415. The van der Waals surface area contributed by atoms with Gasteiger partial charge in [0.15, 0.2) is 6.61 Å². The predicted octanol–water partition coefficient (Wildman–Crippen LogP) is 4.48. The lowest BCUT2D eigenvalue weighted by Crippen LogP contribution is -2.53. The number of H-pyrrole nitrogens is 1. The first-order valence-corrected chi connectivity index (χ1v) is 16.4. The molecule has 10 heteroatoms. The summed E-state index contributed by atoms with van der Waals surface area (Å²) in [5, 5.41) is 31.0. The minimum atomic E-state index is -1.15. The third-order valence-corrected chi connectivity index (χ3v) is 12.1. The molecule has 4 aliphatic rings. The van der Waals surface area contributed by atoms with Crippen LogP contribution >= 0.6 is 0 Å². The van der Waals surface area contributed by atoms with Crippen molar-refractivity contribution >= 4 is 34.4 Å². The van der Waals surface area contributed by atoms with Crippen molar-refractivity contribution in [1.82, 2.24) is 15.6 Å². The van der Waals surface area contributed by atoms with E-state index in [4.69, 9.17) is 4.84 Å². The Bertz CT molecular complexity index is 1540. The van der Waals surface area contributed by atoms with Crippen molar-refractivity contribution in [2.45, 2.75) is 90.2 Å². The highest BCUT2D eigenvalue weighted by atomic mass is 16.6. The van der Waals surface area contributed by atoms with Crippen LogP contribution in [0.2, 0.25) is 0 Å². The average molecular weight is 619 g/mol. The fraction of sp³-hybridized carbons (Fsp3) is 0.600. The van der Waals surface area contributed by atoms with Crippen LogP contribution in [0, 0.1) is 28.6 Å². The number of aromatic nitrogens is 1. The van der Waals surface area contributed by atoms with Crippen molar-refractivity contribution in [3.05, 3.63) is 47.7 Å². The molecule has 5 N–H and O–H groups in total. The number of oxime groups is 1. The predicted molar refractivity (Wildman–Crippen MR) is 170 cm³/mol. The third-order valence-electron chi connectivity index (χ3n) is 12.1. The van der Waals surface area contributed by atoms with E-state index in [1.165, 1.54) is 5.57 Å². The molecule has 0 bridgehead atoms. The molecule has 3 saturated carbocycles. The van der Waals surface area contributed by atoms with E-state index in [1.807, 2.05) is 31.2 Å². The van der Waals surface area contributed by atoms with Gasteiger partial charge in [0.25, 0.3) is 5.91 Å². The molecule has 1 aromatic heterocycles. The van der Waals surface area contributed by atoms with E-state index in [-0.39, 0.29) is 30.4 Å². The second-order valence-electron chi connectivity index (χ2n) is 14.4. The van der Waals surface area contributed by atoms with Gasteiger partial charge in [0.1, 0.15) is 6.04 Å². The number of carboxylic acid groups (broad SMARTS) is 1. The molecule has 1 aromatic carbocycles. The topological polar surface area (TPSA) is 153 Å². The maximum Gasteiger partial charge on any atom is 0.326 e. The van der Waals surface area contributed by atoms with Crippen LogP contribution in [-0.4, -0.2) is 63.5 Å². The summed E-state index contributed by atoms with van der Waals surface area (Å²) in [4.78, 5) is 45.2. The third kappa shape index (κ3) is 5.77. The van der Waals surface area contributed by atoms with E-state index in [0.717, 1.165) is 73.5 Å². The van der Waals surface area contributed by atoms with E-state index in [0.29, 0.717) is 17.8 Å². The quantitative estimate of drug-likeness (QED) is 0.261. The van der Waals surface area contributed by atoms with Gasteiger partial charge in [0, 0.05) is 23.5 Å². The number of allylic oxidation sites excluding steroid dienone is 2. The second-order valence-corrected chi connectivity index (χ2v) is 14.4. The number of benzene rings is 1. The number of carbonyl (C=O) groups is 3. The van der Waals surface area contributed by atoms with Crippen LogP contribution in [0.3, 0.4) is 0 Å². The summed E-state index contributed by atoms with van der Waals surface area (Å²) in [6.07, 6.45) is 12.2. The van der Waals surface area contributed by atoms with Crippen LogP contribution in [0.15, 0.2) is 47.3 Å². The summed E-state index contributed by atoms with van der Waals surface area (Å²) >= 11 is 0. The monoisotopic (exact) mass is 618 g/mol. The molecule has 7 atom stereocenters. The van der Waals surface area contributed by atoms with E-state index < -0.39 is 29.4 Å². The smallest absolute Gasteiger partial charge is 0.326 e. The zero-order chi connectivity index (χ0) is 32.0. The Balaban J connectivity index is 0.982.